The molecule has 1 N–H and O–H groups in total. The van der Waals surface area contributed by atoms with Crippen LogP contribution in [0.4, 0.5) is 0 Å². The van der Waals surface area contributed by atoms with Crippen LogP contribution in [0.25, 0.3) is 11.4 Å². The molecular weight excluding hydrogens is 498 g/mol. The molecule has 0 aliphatic carbocycles. The van der Waals surface area contributed by atoms with Gasteiger partial charge in [0.15, 0.2) is 11.5 Å². The molecular formula is C29H35N5O5. The van der Waals surface area contributed by atoms with Crippen LogP contribution in [0, 0.1) is 5.92 Å². The van der Waals surface area contributed by atoms with Crippen molar-refractivity contribution in [3.05, 3.63) is 59.5 Å². The standard InChI is InChI=1S/C29H35N5O5/c1-37-24-12-11-20(15-25(24)38-2)28-31-26(39-32-28)19-33-13-5-9-23(17-33)29(36)30-16-21-7-3-4-8-22(21)18-34-14-6-10-27(34)35/h3-4,7-8,11-12,15,23H,5-6,9-10,13-14,16-19H2,1-2H3,(H,30,36). The van der Waals surface area contributed by atoms with E-state index in [4.69, 9.17) is 14.0 Å². The number of likely N-dealkylation sites (tertiary alicyclic amines) is 2. The number of benzene rings is 2. The van der Waals surface area contributed by atoms with E-state index in [2.05, 4.69) is 20.4 Å². The summed E-state index contributed by atoms with van der Waals surface area (Å²) < 4.78 is 16.2. The zero-order valence-electron chi connectivity index (χ0n) is 22.5. The van der Waals surface area contributed by atoms with Gasteiger partial charge in [-0.1, -0.05) is 29.4 Å². The van der Waals surface area contributed by atoms with Gasteiger partial charge in [0.25, 0.3) is 0 Å². The van der Waals surface area contributed by atoms with Gasteiger partial charge >= 0.3 is 0 Å². The molecule has 3 aromatic rings. The van der Waals surface area contributed by atoms with Crippen LogP contribution in [-0.4, -0.2) is 65.6 Å². The van der Waals surface area contributed by atoms with E-state index in [1.807, 2.05) is 47.4 Å². The Morgan fingerprint density at radius 1 is 1.05 bits per heavy atom. The van der Waals surface area contributed by atoms with Gasteiger partial charge in [0.1, 0.15) is 0 Å². The quantitative estimate of drug-likeness (QED) is 0.422. The average Bonchev–Trinajstić information content (AvgIpc) is 3.60. The monoisotopic (exact) mass is 533 g/mol. The highest BCUT2D eigenvalue weighted by atomic mass is 16.5. The van der Waals surface area contributed by atoms with Crippen LogP contribution in [0.5, 0.6) is 11.5 Å². The van der Waals surface area contributed by atoms with Crippen LogP contribution in [-0.2, 0) is 29.2 Å². The Hall–Kier alpha value is -3.92. The fourth-order valence-corrected chi connectivity index (χ4v) is 5.30. The molecule has 2 aliphatic rings. The first-order chi connectivity index (χ1) is 19.0. The third-order valence-electron chi connectivity index (χ3n) is 7.45. The Morgan fingerprint density at radius 2 is 1.87 bits per heavy atom. The summed E-state index contributed by atoms with van der Waals surface area (Å²) in [6, 6.07) is 13.5. The third-order valence-corrected chi connectivity index (χ3v) is 7.45. The molecule has 0 radical (unpaired) electrons. The Labute approximate surface area is 228 Å². The number of nitrogens with zero attached hydrogens (tertiary/aromatic N) is 4. The molecule has 2 fully saturated rings. The van der Waals surface area contributed by atoms with Gasteiger partial charge in [-0.05, 0) is 55.1 Å². The largest absolute Gasteiger partial charge is 0.493 e. The number of hydrogen-bond acceptors (Lipinski definition) is 8. The van der Waals surface area contributed by atoms with Crippen molar-refractivity contribution >= 4 is 11.8 Å². The number of aromatic nitrogens is 2. The minimum absolute atomic E-state index is 0.0447. The van der Waals surface area contributed by atoms with Crippen LogP contribution in [0.2, 0.25) is 0 Å². The SMILES string of the molecule is COc1ccc(-c2noc(CN3CCCC(C(=O)NCc4ccccc4CN4CCCC4=O)C3)n2)cc1OC. The van der Waals surface area contributed by atoms with Crippen LogP contribution >= 0.6 is 0 Å². The first-order valence-electron chi connectivity index (χ1n) is 13.4. The second kappa shape index (κ2) is 12.3. The lowest BCUT2D eigenvalue weighted by Gasteiger charge is -2.31. The summed E-state index contributed by atoms with van der Waals surface area (Å²) in [6.07, 6.45) is 3.30. The smallest absolute Gasteiger partial charge is 0.241 e. The number of hydrogen-bond donors (Lipinski definition) is 1. The number of piperidine rings is 1. The first kappa shape index (κ1) is 26.7. The number of carbonyl (C=O) groups is 2. The van der Waals surface area contributed by atoms with Gasteiger partial charge in [0, 0.05) is 38.2 Å². The van der Waals surface area contributed by atoms with E-state index < -0.39 is 0 Å². The molecule has 39 heavy (non-hydrogen) atoms. The summed E-state index contributed by atoms with van der Waals surface area (Å²) in [6.45, 7) is 3.82. The van der Waals surface area contributed by atoms with E-state index in [0.717, 1.165) is 49.0 Å². The molecule has 10 nitrogen and oxygen atoms in total. The van der Waals surface area contributed by atoms with E-state index >= 15 is 0 Å². The van der Waals surface area contributed by atoms with Gasteiger partial charge in [-0.25, -0.2) is 0 Å². The van der Waals surface area contributed by atoms with Crippen LogP contribution in [0.15, 0.2) is 47.0 Å². The number of amides is 2. The topological polar surface area (TPSA) is 110 Å². The number of methoxy groups -OCH3 is 2. The van der Waals surface area contributed by atoms with Crippen molar-refractivity contribution in [2.75, 3.05) is 33.9 Å². The van der Waals surface area contributed by atoms with Crippen molar-refractivity contribution in [2.24, 2.45) is 5.92 Å². The predicted molar refractivity (Wildman–Crippen MR) is 144 cm³/mol. The molecule has 1 aromatic heterocycles. The highest BCUT2D eigenvalue weighted by Gasteiger charge is 2.27. The lowest BCUT2D eigenvalue weighted by molar-refractivity contribution is -0.128. The number of rotatable bonds is 10. The van der Waals surface area contributed by atoms with Gasteiger partial charge in [-0.2, -0.15) is 4.98 Å². The van der Waals surface area contributed by atoms with Gasteiger partial charge in [0.05, 0.1) is 26.7 Å². The maximum atomic E-state index is 13.1. The second-order valence-electron chi connectivity index (χ2n) is 10.1. The summed E-state index contributed by atoms with van der Waals surface area (Å²) >= 11 is 0. The fraction of sp³-hybridized carbons (Fsp3) is 0.448. The van der Waals surface area contributed by atoms with Crippen LogP contribution < -0.4 is 14.8 Å². The molecule has 1 unspecified atom stereocenters. The predicted octanol–water partition coefficient (Wildman–Crippen LogP) is 3.40. The third kappa shape index (κ3) is 6.39. The van der Waals surface area contributed by atoms with Gasteiger partial charge < -0.3 is 24.2 Å². The van der Waals surface area contributed by atoms with E-state index in [9.17, 15) is 9.59 Å². The molecule has 1 atom stereocenters. The van der Waals surface area contributed by atoms with E-state index in [1.165, 1.54) is 0 Å². The summed E-state index contributed by atoms with van der Waals surface area (Å²) in [4.78, 5) is 33.8. The fourth-order valence-electron chi connectivity index (χ4n) is 5.30. The van der Waals surface area contributed by atoms with Crippen molar-refractivity contribution in [1.82, 2.24) is 25.3 Å². The first-order valence-corrected chi connectivity index (χ1v) is 13.4. The van der Waals surface area contributed by atoms with Crippen molar-refractivity contribution in [1.29, 1.82) is 0 Å². The Kier molecular flexibility index (Phi) is 8.41. The zero-order chi connectivity index (χ0) is 27.2. The maximum absolute atomic E-state index is 13.1. The summed E-state index contributed by atoms with van der Waals surface area (Å²) in [7, 11) is 3.18. The van der Waals surface area contributed by atoms with Gasteiger partial charge in [-0.3, -0.25) is 14.5 Å². The maximum Gasteiger partial charge on any atom is 0.241 e. The summed E-state index contributed by atoms with van der Waals surface area (Å²) in [5, 5.41) is 7.27. The molecule has 0 saturated carbocycles. The van der Waals surface area contributed by atoms with E-state index in [-0.39, 0.29) is 17.7 Å². The highest BCUT2D eigenvalue weighted by Crippen LogP contribution is 2.31. The van der Waals surface area contributed by atoms with Crippen LogP contribution in [0.3, 0.4) is 0 Å². The number of nitrogens with one attached hydrogen (secondary N) is 1. The second-order valence-corrected chi connectivity index (χ2v) is 10.1. The van der Waals surface area contributed by atoms with Crippen molar-refractivity contribution in [3.8, 4) is 22.9 Å². The zero-order valence-corrected chi connectivity index (χ0v) is 22.5. The Balaban J connectivity index is 1.16. The summed E-state index contributed by atoms with van der Waals surface area (Å²) in [5.74, 6) is 2.35. The molecule has 10 heteroatoms. The molecule has 206 valence electrons. The Bertz CT molecular complexity index is 1310. The van der Waals surface area contributed by atoms with Crippen molar-refractivity contribution < 1.29 is 23.6 Å². The lowest BCUT2D eigenvalue weighted by atomic mass is 9.97. The number of ether oxygens (including phenoxy) is 2. The molecule has 2 aromatic carbocycles. The van der Waals surface area contributed by atoms with Crippen molar-refractivity contribution in [2.45, 2.75) is 45.3 Å². The molecule has 0 spiro atoms. The minimum Gasteiger partial charge on any atom is -0.493 e. The molecule has 2 saturated heterocycles. The molecule has 3 heterocycles. The molecule has 5 rings (SSSR count). The Morgan fingerprint density at radius 3 is 2.64 bits per heavy atom. The number of carbonyl (C=O) groups excluding carboxylic acids is 2. The summed E-state index contributed by atoms with van der Waals surface area (Å²) in [5.41, 5.74) is 2.90. The molecule has 2 aliphatic heterocycles. The minimum atomic E-state index is -0.112. The highest BCUT2D eigenvalue weighted by molar-refractivity contribution is 5.79. The average molecular weight is 534 g/mol. The van der Waals surface area contributed by atoms with E-state index in [1.54, 1.807) is 14.2 Å². The van der Waals surface area contributed by atoms with E-state index in [0.29, 0.717) is 55.8 Å². The van der Waals surface area contributed by atoms with Crippen LogP contribution in [0.1, 0.15) is 42.7 Å². The lowest BCUT2D eigenvalue weighted by Crippen LogP contribution is -2.42. The normalized spacial score (nSPS) is 17.8. The van der Waals surface area contributed by atoms with Crippen molar-refractivity contribution in [3.63, 3.8) is 0 Å². The molecule has 0 bridgehead atoms. The van der Waals surface area contributed by atoms with Gasteiger partial charge in [-0.15, -0.1) is 0 Å². The molecule has 2 amide bonds. The van der Waals surface area contributed by atoms with Gasteiger partial charge in [0.2, 0.25) is 23.5 Å².